The van der Waals surface area contributed by atoms with Crippen molar-refractivity contribution in [1.29, 1.82) is 0 Å². The third-order valence-electron chi connectivity index (χ3n) is 5.30. The van der Waals surface area contributed by atoms with Crippen molar-refractivity contribution in [1.82, 2.24) is 9.97 Å². The summed E-state index contributed by atoms with van der Waals surface area (Å²) in [5.74, 6) is 0.00762. The number of nitrogens with zero attached hydrogens (tertiary/aromatic N) is 3. The van der Waals surface area contributed by atoms with Crippen molar-refractivity contribution in [3.63, 3.8) is 0 Å². The van der Waals surface area contributed by atoms with Gasteiger partial charge in [0.05, 0.1) is 22.5 Å². The van der Waals surface area contributed by atoms with Crippen molar-refractivity contribution in [2.75, 3.05) is 4.90 Å². The molecule has 5 rings (SSSR count). The quantitative estimate of drug-likeness (QED) is 0.508. The summed E-state index contributed by atoms with van der Waals surface area (Å²) < 4.78 is 0. The van der Waals surface area contributed by atoms with Gasteiger partial charge in [0.1, 0.15) is 0 Å². The minimum atomic E-state index is 0.00762. The Morgan fingerprint density at radius 2 is 1.75 bits per heavy atom. The van der Waals surface area contributed by atoms with E-state index in [9.17, 15) is 4.79 Å². The number of amides is 1. The summed E-state index contributed by atoms with van der Waals surface area (Å²) >= 11 is 0. The zero-order chi connectivity index (χ0) is 19.1. The predicted molar refractivity (Wildman–Crippen MR) is 111 cm³/mol. The first-order valence-corrected chi connectivity index (χ1v) is 9.45. The SMILES string of the molecule is C[C@@H]1Cc2ccccc2N1C(=O)c1cc(-c2ccccn2)nc2ccccc12. The number of pyridine rings is 2. The second kappa shape index (κ2) is 6.57. The molecule has 0 unspecified atom stereocenters. The van der Waals surface area contributed by atoms with E-state index in [-0.39, 0.29) is 11.9 Å². The molecular formula is C24H19N3O. The molecule has 0 aliphatic carbocycles. The van der Waals surface area contributed by atoms with Crippen molar-refractivity contribution in [2.45, 2.75) is 19.4 Å². The number of para-hydroxylation sites is 2. The minimum Gasteiger partial charge on any atom is -0.305 e. The number of carbonyl (C=O) groups excluding carboxylic acids is 1. The van der Waals surface area contributed by atoms with Crippen molar-refractivity contribution >= 4 is 22.5 Å². The lowest BCUT2D eigenvalue weighted by atomic mass is 10.0. The molecule has 4 heteroatoms. The highest BCUT2D eigenvalue weighted by Gasteiger charge is 2.32. The standard InChI is InChI=1S/C24H19N3O/c1-16-14-17-8-2-5-12-23(17)27(16)24(28)19-15-22(21-11-6-7-13-25-21)26-20-10-4-3-9-18(19)20/h2-13,15-16H,14H2,1H3/t16-/m1/s1. The van der Waals surface area contributed by atoms with Crippen LogP contribution in [-0.2, 0) is 6.42 Å². The Morgan fingerprint density at radius 1 is 0.964 bits per heavy atom. The van der Waals surface area contributed by atoms with Gasteiger partial charge in [-0.3, -0.25) is 9.78 Å². The topological polar surface area (TPSA) is 46.1 Å². The first-order chi connectivity index (χ1) is 13.7. The first kappa shape index (κ1) is 16.6. The van der Waals surface area contributed by atoms with E-state index >= 15 is 0 Å². The molecule has 0 saturated carbocycles. The molecular weight excluding hydrogens is 346 g/mol. The molecule has 0 spiro atoms. The molecule has 4 nitrogen and oxygen atoms in total. The van der Waals surface area contributed by atoms with Crippen molar-refractivity contribution < 1.29 is 4.79 Å². The van der Waals surface area contributed by atoms with E-state index in [1.54, 1.807) is 6.20 Å². The third kappa shape index (κ3) is 2.65. The van der Waals surface area contributed by atoms with Crippen LogP contribution in [0.2, 0.25) is 0 Å². The van der Waals surface area contributed by atoms with Gasteiger partial charge in [-0.15, -0.1) is 0 Å². The number of rotatable bonds is 2. The molecule has 0 radical (unpaired) electrons. The van der Waals surface area contributed by atoms with Crippen LogP contribution in [0.3, 0.4) is 0 Å². The Kier molecular flexibility index (Phi) is 3.90. The van der Waals surface area contributed by atoms with Crippen LogP contribution >= 0.6 is 0 Å². The molecule has 136 valence electrons. The lowest BCUT2D eigenvalue weighted by molar-refractivity contribution is 0.0983. The van der Waals surface area contributed by atoms with E-state index in [1.165, 1.54) is 5.56 Å². The first-order valence-electron chi connectivity index (χ1n) is 9.45. The summed E-state index contributed by atoms with van der Waals surface area (Å²) in [5, 5.41) is 0.865. The molecule has 0 fully saturated rings. The van der Waals surface area contributed by atoms with E-state index < -0.39 is 0 Å². The zero-order valence-electron chi connectivity index (χ0n) is 15.5. The van der Waals surface area contributed by atoms with Gasteiger partial charge < -0.3 is 4.90 Å². The molecule has 1 aliphatic heterocycles. The van der Waals surface area contributed by atoms with Crippen LogP contribution in [0.4, 0.5) is 5.69 Å². The van der Waals surface area contributed by atoms with E-state index in [0.29, 0.717) is 11.3 Å². The van der Waals surface area contributed by atoms with E-state index in [0.717, 1.165) is 28.7 Å². The van der Waals surface area contributed by atoms with Gasteiger partial charge in [0, 0.05) is 23.3 Å². The Balaban J connectivity index is 1.69. The molecule has 3 heterocycles. The average Bonchev–Trinajstić information content (AvgIpc) is 3.08. The number of fused-ring (bicyclic) bond motifs is 2. The summed E-state index contributed by atoms with van der Waals surface area (Å²) in [6, 6.07) is 23.7. The van der Waals surface area contributed by atoms with Gasteiger partial charge in [-0.2, -0.15) is 0 Å². The van der Waals surface area contributed by atoms with E-state index in [4.69, 9.17) is 4.98 Å². The largest absolute Gasteiger partial charge is 0.305 e. The Hall–Kier alpha value is -3.53. The summed E-state index contributed by atoms with van der Waals surface area (Å²) in [6.45, 7) is 2.10. The molecule has 1 amide bonds. The van der Waals surface area contributed by atoms with Crippen molar-refractivity contribution in [2.24, 2.45) is 0 Å². The maximum absolute atomic E-state index is 13.7. The summed E-state index contributed by atoms with van der Waals surface area (Å²) in [6.07, 6.45) is 2.62. The average molecular weight is 365 g/mol. The number of anilines is 1. The fourth-order valence-corrected chi connectivity index (χ4v) is 4.00. The lowest BCUT2D eigenvalue weighted by Crippen LogP contribution is -2.35. The Morgan fingerprint density at radius 3 is 2.61 bits per heavy atom. The van der Waals surface area contributed by atoms with Gasteiger partial charge in [0.25, 0.3) is 5.91 Å². The van der Waals surface area contributed by atoms with Crippen molar-refractivity contribution in [3.8, 4) is 11.4 Å². The van der Waals surface area contributed by atoms with Gasteiger partial charge in [0.2, 0.25) is 0 Å². The predicted octanol–water partition coefficient (Wildman–Crippen LogP) is 4.89. The van der Waals surface area contributed by atoms with Gasteiger partial charge >= 0.3 is 0 Å². The fourth-order valence-electron chi connectivity index (χ4n) is 4.00. The number of hydrogen-bond acceptors (Lipinski definition) is 3. The van der Waals surface area contributed by atoms with Crippen LogP contribution in [0, 0.1) is 0 Å². The maximum atomic E-state index is 13.7. The highest BCUT2D eigenvalue weighted by Crippen LogP contribution is 2.34. The zero-order valence-corrected chi connectivity index (χ0v) is 15.5. The molecule has 2 aromatic heterocycles. The molecule has 0 bridgehead atoms. The molecule has 4 aromatic rings. The normalized spacial score (nSPS) is 15.6. The van der Waals surface area contributed by atoms with Gasteiger partial charge in [-0.1, -0.05) is 42.5 Å². The molecule has 2 aromatic carbocycles. The third-order valence-corrected chi connectivity index (χ3v) is 5.30. The highest BCUT2D eigenvalue weighted by atomic mass is 16.2. The lowest BCUT2D eigenvalue weighted by Gasteiger charge is -2.23. The highest BCUT2D eigenvalue weighted by molar-refractivity contribution is 6.15. The Bertz CT molecular complexity index is 1190. The van der Waals surface area contributed by atoms with Crippen LogP contribution in [0.25, 0.3) is 22.3 Å². The van der Waals surface area contributed by atoms with Crippen LogP contribution in [-0.4, -0.2) is 21.9 Å². The van der Waals surface area contributed by atoms with Crippen LogP contribution in [0.15, 0.2) is 79.0 Å². The van der Waals surface area contributed by atoms with Gasteiger partial charge in [-0.05, 0) is 49.2 Å². The molecule has 1 atom stereocenters. The molecule has 1 aliphatic rings. The number of hydrogen-bond donors (Lipinski definition) is 0. The second-order valence-electron chi connectivity index (χ2n) is 7.14. The van der Waals surface area contributed by atoms with Crippen LogP contribution in [0.1, 0.15) is 22.8 Å². The van der Waals surface area contributed by atoms with Crippen LogP contribution in [0.5, 0.6) is 0 Å². The Labute approximate surface area is 163 Å². The van der Waals surface area contributed by atoms with Crippen molar-refractivity contribution in [3.05, 3.63) is 90.1 Å². The smallest absolute Gasteiger partial charge is 0.259 e. The van der Waals surface area contributed by atoms with E-state index in [1.807, 2.05) is 71.6 Å². The van der Waals surface area contributed by atoms with Gasteiger partial charge in [-0.25, -0.2) is 4.98 Å². The van der Waals surface area contributed by atoms with E-state index in [2.05, 4.69) is 18.0 Å². The summed E-state index contributed by atoms with van der Waals surface area (Å²) in [7, 11) is 0. The monoisotopic (exact) mass is 365 g/mol. The summed E-state index contributed by atoms with van der Waals surface area (Å²) in [5.41, 5.74) is 5.15. The van der Waals surface area contributed by atoms with Gasteiger partial charge in [0.15, 0.2) is 0 Å². The van der Waals surface area contributed by atoms with Crippen LogP contribution < -0.4 is 4.90 Å². The maximum Gasteiger partial charge on any atom is 0.259 e. The molecule has 0 N–H and O–H groups in total. The number of carbonyl (C=O) groups is 1. The minimum absolute atomic E-state index is 0.00762. The second-order valence-corrected chi connectivity index (χ2v) is 7.14. The summed E-state index contributed by atoms with van der Waals surface area (Å²) in [4.78, 5) is 24.8. The fraction of sp³-hybridized carbons (Fsp3) is 0.125. The molecule has 0 saturated heterocycles. The number of aromatic nitrogens is 2. The molecule has 28 heavy (non-hydrogen) atoms. The number of benzene rings is 2.